The van der Waals surface area contributed by atoms with E-state index in [2.05, 4.69) is 5.32 Å². The zero-order valence-corrected chi connectivity index (χ0v) is 15.9. The van der Waals surface area contributed by atoms with E-state index in [0.717, 1.165) is 6.07 Å². The molecule has 0 saturated carbocycles. The number of halogens is 3. The second kappa shape index (κ2) is 7.79. The van der Waals surface area contributed by atoms with E-state index in [1.54, 1.807) is 6.07 Å². The predicted molar refractivity (Wildman–Crippen MR) is 98.3 cm³/mol. The molecule has 2 aromatic carbocycles. The van der Waals surface area contributed by atoms with Crippen LogP contribution in [0.15, 0.2) is 59.5 Å². The number of nitrogens with zero attached hydrogens (tertiary/aromatic N) is 1. The molecule has 11 heteroatoms. The zero-order chi connectivity index (χ0) is 19.5. The molecule has 0 saturated heterocycles. The Balaban J connectivity index is 2.39. The highest BCUT2D eigenvalue weighted by Crippen LogP contribution is 2.36. The van der Waals surface area contributed by atoms with Crippen LogP contribution in [0.5, 0.6) is 0 Å². The van der Waals surface area contributed by atoms with Crippen molar-refractivity contribution in [2.45, 2.75) is 14.1 Å². The molecule has 0 aliphatic heterocycles. The quantitative estimate of drug-likeness (QED) is 0.438. The Morgan fingerprint density at radius 2 is 1.69 bits per heavy atom. The number of benzene rings is 2. The lowest BCUT2D eigenvalue weighted by Crippen LogP contribution is -2.49. The first-order valence-electron chi connectivity index (χ1n) is 6.94. The van der Waals surface area contributed by atoms with Gasteiger partial charge < -0.3 is 5.32 Å². The minimum Gasteiger partial charge on any atom is -0.332 e. The third-order valence-corrected chi connectivity index (χ3v) is 6.32. The largest absolute Gasteiger partial charge is 0.332 e. The summed E-state index contributed by atoms with van der Waals surface area (Å²) in [6.45, 7) is 0. The average molecular weight is 438 g/mol. The molecule has 7 nitrogen and oxygen atoms in total. The van der Waals surface area contributed by atoms with Gasteiger partial charge in [0, 0.05) is 17.7 Å². The van der Waals surface area contributed by atoms with Gasteiger partial charge in [-0.25, -0.2) is 8.42 Å². The fraction of sp³-hybridized carbons (Fsp3) is 0.133. The number of sulfone groups is 1. The van der Waals surface area contributed by atoms with E-state index in [4.69, 9.17) is 34.8 Å². The monoisotopic (exact) mass is 436 g/mol. The lowest BCUT2D eigenvalue weighted by atomic mass is 10.2. The smallest absolute Gasteiger partial charge is 0.270 e. The maximum Gasteiger partial charge on any atom is 0.270 e. The van der Waals surface area contributed by atoms with Gasteiger partial charge in [0.25, 0.3) is 11.6 Å². The van der Waals surface area contributed by atoms with Crippen molar-refractivity contribution in [2.24, 2.45) is 0 Å². The Hall–Kier alpha value is -1.87. The maximum atomic E-state index is 12.7. The lowest BCUT2D eigenvalue weighted by molar-refractivity contribution is -0.384. The van der Waals surface area contributed by atoms with E-state index in [-0.39, 0.29) is 16.1 Å². The molecule has 26 heavy (non-hydrogen) atoms. The first-order chi connectivity index (χ1) is 12.0. The van der Waals surface area contributed by atoms with Gasteiger partial charge in [-0.3, -0.25) is 14.9 Å². The Kier molecular flexibility index (Phi) is 6.13. The number of alkyl halides is 3. The van der Waals surface area contributed by atoms with E-state index in [9.17, 15) is 23.3 Å². The van der Waals surface area contributed by atoms with Crippen LogP contribution < -0.4 is 5.32 Å². The molecule has 1 atom stereocenters. The Labute approximate surface area is 163 Å². The predicted octanol–water partition coefficient (Wildman–Crippen LogP) is 3.49. The molecule has 1 N–H and O–H groups in total. The van der Waals surface area contributed by atoms with Crippen LogP contribution in [0.3, 0.4) is 0 Å². The summed E-state index contributed by atoms with van der Waals surface area (Å²) in [4.78, 5) is 22.3. The number of rotatable bonds is 5. The highest BCUT2D eigenvalue weighted by Gasteiger charge is 2.44. The van der Waals surface area contributed by atoms with Crippen molar-refractivity contribution >= 4 is 56.2 Å². The number of non-ortho nitro benzene ring substituents is 1. The molecule has 0 bridgehead atoms. The normalized spacial score (nSPS) is 13.0. The molecule has 138 valence electrons. The fourth-order valence-electron chi connectivity index (χ4n) is 2.04. The van der Waals surface area contributed by atoms with Gasteiger partial charge in [0.15, 0.2) is 5.37 Å². The van der Waals surface area contributed by atoms with E-state index in [0.29, 0.717) is 0 Å². The van der Waals surface area contributed by atoms with Crippen molar-refractivity contribution in [1.82, 2.24) is 5.32 Å². The van der Waals surface area contributed by atoms with E-state index in [1.165, 1.54) is 42.5 Å². The fourth-order valence-corrected chi connectivity index (χ4v) is 4.69. The molecule has 0 spiro atoms. The summed E-state index contributed by atoms with van der Waals surface area (Å²) in [5.74, 6) is -0.940. The Morgan fingerprint density at radius 3 is 2.23 bits per heavy atom. The van der Waals surface area contributed by atoms with Crippen molar-refractivity contribution in [3.63, 3.8) is 0 Å². The third kappa shape index (κ3) is 4.64. The van der Waals surface area contributed by atoms with Gasteiger partial charge in [0.05, 0.1) is 9.82 Å². The first kappa shape index (κ1) is 20.4. The van der Waals surface area contributed by atoms with Crippen LogP contribution in [0.1, 0.15) is 10.4 Å². The number of nitrogens with one attached hydrogen (secondary N) is 1. The molecular weight excluding hydrogens is 427 g/mol. The van der Waals surface area contributed by atoms with E-state index < -0.39 is 29.8 Å². The standard InChI is InChI=1S/C15H11Cl3N2O5S/c16-15(17,18)14(26(24,25)12-7-2-1-3-8-12)19-13(21)10-5-4-6-11(9-10)20(22)23/h1-9,14H,(H,19,21). The van der Waals surface area contributed by atoms with Gasteiger partial charge in [0.1, 0.15) is 0 Å². The van der Waals surface area contributed by atoms with Crippen LogP contribution in [0, 0.1) is 10.1 Å². The molecule has 0 radical (unpaired) electrons. The number of carbonyl (C=O) groups is 1. The number of nitro benzene ring substituents is 1. The minimum absolute atomic E-state index is 0.151. The molecule has 0 fully saturated rings. The molecule has 2 aromatic rings. The molecule has 2 rings (SSSR count). The number of hydrogen-bond acceptors (Lipinski definition) is 5. The number of nitro groups is 1. The lowest BCUT2D eigenvalue weighted by Gasteiger charge is -2.25. The van der Waals surface area contributed by atoms with Gasteiger partial charge in [-0.2, -0.15) is 0 Å². The summed E-state index contributed by atoms with van der Waals surface area (Å²) >= 11 is 17.3. The highest BCUT2D eigenvalue weighted by atomic mass is 35.6. The summed E-state index contributed by atoms with van der Waals surface area (Å²) in [5.41, 5.74) is -0.490. The van der Waals surface area contributed by atoms with Gasteiger partial charge >= 0.3 is 0 Å². The number of amides is 1. The van der Waals surface area contributed by atoms with Crippen LogP contribution in [-0.2, 0) is 9.84 Å². The van der Waals surface area contributed by atoms with E-state index >= 15 is 0 Å². The van der Waals surface area contributed by atoms with E-state index in [1.807, 2.05) is 0 Å². The van der Waals surface area contributed by atoms with Gasteiger partial charge in [-0.05, 0) is 18.2 Å². The van der Waals surface area contributed by atoms with Crippen molar-refractivity contribution in [3.8, 4) is 0 Å². The SMILES string of the molecule is O=C(NC(C(Cl)(Cl)Cl)S(=O)(=O)c1ccccc1)c1cccc([N+](=O)[O-])c1. The van der Waals surface area contributed by atoms with Gasteiger partial charge in [0.2, 0.25) is 13.6 Å². The van der Waals surface area contributed by atoms with Gasteiger partial charge in [-0.15, -0.1) is 0 Å². The minimum atomic E-state index is -4.25. The van der Waals surface area contributed by atoms with Crippen molar-refractivity contribution in [2.75, 3.05) is 0 Å². The Bertz CT molecular complexity index is 930. The highest BCUT2D eigenvalue weighted by molar-refractivity contribution is 7.92. The molecular formula is C15H11Cl3N2O5S. The van der Waals surface area contributed by atoms with Crippen LogP contribution in [0.25, 0.3) is 0 Å². The molecule has 0 heterocycles. The first-order valence-corrected chi connectivity index (χ1v) is 9.62. The van der Waals surface area contributed by atoms with Crippen molar-refractivity contribution in [1.29, 1.82) is 0 Å². The molecule has 1 unspecified atom stereocenters. The molecule has 0 aliphatic rings. The van der Waals surface area contributed by atoms with Crippen LogP contribution in [0.4, 0.5) is 5.69 Å². The second-order valence-corrected chi connectivity index (χ2v) is 9.46. The van der Waals surface area contributed by atoms with Crippen LogP contribution >= 0.6 is 34.8 Å². The average Bonchev–Trinajstić information content (AvgIpc) is 2.59. The molecule has 0 aromatic heterocycles. The maximum absolute atomic E-state index is 12.7. The second-order valence-electron chi connectivity index (χ2n) is 5.06. The third-order valence-electron chi connectivity index (χ3n) is 3.26. The zero-order valence-electron chi connectivity index (χ0n) is 12.8. The van der Waals surface area contributed by atoms with Gasteiger partial charge in [-0.1, -0.05) is 59.1 Å². The molecule has 1 amide bonds. The topological polar surface area (TPSA) is 106 Å². The Morgan fingerprint density at radius 1 is 1.08 bits per heavy atom. The summed E-state index contributed by atoms with van der Waals surface area (Å²) in [5, 5.41) is 11.0. The summed E-state index contributed by atoms with van der Waals surface area (Å²) in [6.07, 6.45) is 0. The number of hydrogen-bond donors (Lipinski definition) is 1. The summed E-state index contributed by atoms with van der Waals surface area (Å²) in [6, 6.07) is 11.9. The summed E-state index contributed by atoms with van der Waals surface area (Å²) < 4.78 is 23.1. The number of carbonyl (C=O) groups excluding carboxylic acids is 1. The van der Waals surface area contributed by atoms with Crippen molar-refractivity contribution < 1.29 is 18.1 Å². The van der Waals surface area contributed by atoms with Crippen LogP contribution in [0.2, 0.25) is 0 Å². The summed E-state index contributed by atoms with van der Waals surface area (Å²) in [7, 11) is -4.25. The van der Waals surface area contributed by atoms with Crippen LogP contribution in [-0.4, -0.2) is 28.4 Å². The van der Waals surface area contributed by atoms with Crippen molar-refractivity contribution in [3.05, 3.63) is 70.3 Å². The molecule has 0 aliphatic carbocycles.